The van der Waals surface area contributed by atoms with Gasteiger partial charge in [-0.1, -0.05) is 25.5 Å². The second-order valence-corrected chi connectivity index (χ2v) is 4.19. The molecule has 0 aromatic carbocycles. The van der Waals surface area contributed by atoms with Crippen LogP contribution in [0.5, 0.6) is 0 Å². The molecule has 0 bridgehead atoms. The fourth-order valence-electron chi connectivity index (χ4n) is 1.91. The molecule has 3 atom stereocenters. The SMILES string of the molecule is CCC(=O)NC1CCCCC=CC1OC(O)[OH2+]. The van der Waals surface area contributed by atoms with E-state index in [-0.39, 0.29) is 11.9 Å². The Morgan fingerprint density at radius 3 is 3.06 bits per heavy atom. The van der Waals surface area contributed by atoms with Gasteiger partial charge in [0.25, 0.3) is 0 Å². The largest absolute Gasteiger partial charge is 0.398 e. The van der Waals surface area contributed by atoms with Crippen molar-refractivity contribution in [2.75, 3.05) is 0 Å². The Morgan fingerprint density at radius 1 is 1.65 bits per heavy atom. The molecule has 1 aliphatic rings. The van der Waals surface area contributed by atoms with Gasteiger partial charge in [0, 0.05) is 6.42 Å². The van der Waals surface area contributed by atoms with Gasteiger partial charge in [0.2, 0.25) is 5.91 Å². The van der Waals surface area contributed by atoms with Crippen LogP contribution in [0.3, 0.4) is 0 Å². The molecule has 4 N–H and O–H groups in total. The molecule has 0 saturated carbocycles. The minimum Gasteiger partial charge on any atom is -0.398 e. The van der Waals surface area contributed by atoms with Crippen molar-refractivity contribution in [2.45, 2.75) is 57.6 Å². The lowest BCUT2D eigenvalue weighted by atomic mass is 9.99. The van der Waals surface area contributed by atoms with Crippen molar-refractivity contribution in [3.05, 3.63) is 12.2 Å². The molecule has 3 unspecified atom stereocenters. The van der Waals surface area contributed by atoms with Crippen LogP contribution in [0.25, 0.3) is 0 Å². The van der Waals surface area contributed by atoms with Gasteiger partial charge < -0.3 is 15.5 Å². The Balaban J connectivity index is 2.66. The van der Waals surface area contributed by atoms with Crippen LogP contribution in [0.1, 0.15) is 39.0 Å². The lowest BCUT2D eigenvalue weighted by Gasteiger charge is -2.26. The third kappa shape index (κ3) is 5.30. The molecule has 0 radical (unpaired) electrons. The van der Waals surface area contributed by atoms with Crippen molar-refractivity contribution in [3.8, 4) is 0 Å². The summed E-state index contributed by atoms with van der Waals surface area (Å²) in [6.07, 6.45) is 7.71. The second-order valence-electron chi connectivity index (χ2n) is 4.19. The molecule has 0 aliphatic heterocycles. The number of hydrogen-bond acceptors (Lipinski definition) is 3. The quantitative estimate of drug-likeness (QED) is 0.426. The fraction of sp³-hybridized carbons (Fsp3) is 0.750. The molecule has 0 heterocycles. The Kier molecular flexibility index (Phi) is 6.18. The van der Waals surface area contributed by atoms with Crippen LogP contribution in [0.2, 0.25) is 0 Å². The summed E-state index contributed by atoms with van der Waals surface area (Å²) in [5.41, 5.74) is 0. The molecule has 0 aromatic heterocycles. The van der Waals surface area contributed by atoms with Crippen LogP contribution in [-0.4, -0.2) is 34.7 Å². The normalized spacial score (nSPS) is 27.0. The maximum atomic E-state index is 11.4. The lowest BCUT2D eigenvalue weighted by Crippen LogP contribution is -2.45. The first-order valence-electron chi connectivity index (χ1n) is 6.14. The summed E-state index contributed by atoms with van der Waals surface area (Å²) in [5, 5.41) is 18.9. The minimum absolute atomic E-state index is 0.0305. The average Bonchev–Trinajstić information content (AvgIpc) is 2.26. The van der Waals surface area contributed by atoms with Crippen molar-refractivity contribution in [3.63, 3.8) is 0 Å². The van der Waals surface area contributed by atoms with E-state index in [0.29, 0.717) is 6.42 Å². The predicted octanol–water partition coefficient (Wildman–Crippen LogP) is 0.397. The first-order valence-corrected chi connectivity index (χ1v) is 6.14. The fourth-order valence-corrected chi connectivity index (χ4v) is 1.91. The van der Waals surface area contributed by atoms with E-state index in [9.17, 15) is 4.79 Å². The van der Waals surface area contributed by atoms with Crippen molar-refractivity contribution in [1.82, 2.24) is 5.32 Å². The smallest absolute Gasteiger partial charge is 0.384 e. The van der Waals surface area contributed by atoms with Gasteiger partial charge in [-0.3, -0.25) is 9.53 Å². The van der Waals surface area contributed by atoms with Crippen molar-refractivity contribution >= 4 is 5.91 Å². The van der Waals surface area contributed by atoms with E-state index in [1.165, 1.54) is 0 Å². The van der Waals surface area contributed by atoms with Crippen molar-refractivity contribution in [1.29, 1.82) is 0 Å². The number of rotatable bonds is 4. The standard InChI is InChI=1S/C12H21NO4/c1-2-11(14)13-9-7-5-3-4-6-8-10(9)17-12(15)16/h6,8-10,12,15-16H,2-5,7H2,1H3,(H,13,14)/p+1. The van der Waals surface area contributed by atoms with Gasteiger partial charge in [-0.25, -0.2) is 0 Å². The van der Waals surface area contributed by atoms with Gasteiger partial charge in [-0.05, 0) is 19.3 Å². The van der Waals surface area contributed by atoms with E-state index in [4.69, 9.17) is 14.9 Å². The topological polar surface area (TPSA) is 81.5 Å². The van der Waals surface area contributed by atoms with Gasteiger partial charge in [0.1, 0.15) is 6.10 Å². The highest BCUT2D eigenvalue weighted by Gasteiger charge is 2.25. The molecule has 5 nitrogen and oxygen atoms in total. The van der Waals surface area contributed by atoms with Gasteiger partial charge in [-0.15, -0.1) is 0 Å². The van der Waals surface area contributed by atoms with Gasteiger partial charge >= 0.3 is 6.48 Å². The Bertz CT molecular complexity index is 265. The van der Waals surface area contributed by atoms with Crippen LogP contribution in [-0.2, 0) is 9.53 Å². The van der Waals surface area contributed by atoms with Crippen LogP contribution < -0.4 is 5.32 Å². The van der Waals surface area contributed by atoms with E-state index in [0.717, 1.165) is 25.7 Å². The van der Waals surface area contributed by atoms with E-state index in [1.807, 2.05) is 12.2 Å². The molecule has 17 heavy (non-hydrogen) atoms. The van der Waals surface area contributed by atoms with Crippen LogP contribution in [0, 0.1) is 0 Å². The number of hydrogen-bond donors (Lipinski definition) is 2. The number of nitrogens with one attached hydrogen (secondary N) is 1. The zero-order valence-corrected chi connectivity index (χ0v) is 10.2. The average molecular weight is 244 g/mol. The van der Waals surface area contributed by atoms with Crippen LogP contribution in [0.15, 0.2) is 12.2 Å². The van der Waals surface area contributed by atoms with E-state index >= 15 is 0 Å². The third-order valence-corrected chi connectivity index (χ3v) is 2.81. The van der Waals surface area contributed by atoms with E-state index < -0.39 is 12.6 Å². The van der Waals surface area contributed by atoms with Gasteiger partial charge in [0.15, 0.2) is 0 Å². The first kappa shape index (κ1) is 14.2. The Morgan fingerprint density at radius 2 is 2.41 bits per heavy atom. The Labute approximate surface area is 101 Å². The molecule has 1 aliphatic carbocycles. The Hall–Kier alpha value is -0.910. The maximum Gasteiger partial charge on any atom is 0.384 e. The van der Waals surface area contributed by atoms with Crippen molar-refractivity contribution < 1.29 is 19.7 Å². The molecular formula is C12H22NO4+. The molecule has 5 heteroatoms. The van der Waals surface area contributed by atoms with Crippen molar-refractivity contribution in [2.24, 2.45) is 0 Å². The highest BCUT2D eigenvalue weighted by molar-refractivity contribution is 5.75. The summed E-state index contributed by atoms with van der Waals surface area (Å²) in [5.74, 6) is -0.0305. The predicted molar refractivity (Wildman–Crippen MR) is 64.3 cm³/mol. The molecule has 0 saturated heterocycles. The number of carbonyl (C=O) groups is 1. The summed E-state index contributed by atoms with van der Waals surface area (Å²) < 4.78 is 5.11. The number of carbonyl (C=O) groups excluding carboxylic acids is 1. The van der Waals surface area contributed by atoms with E-state index in [2.05, 4.69) is 5.32 Å². The third-order valence-electron chi connectivity index (χ3n) is 2.81. The molecule has 0 aromatic rings. The summed E-state index contributed by atoms with van der Waals surface area (Å²) in [6, 6.07) is -0.154. The zero-order chi connectivity index (χ0) is 12.7. The zero-order valence-electron chi connectivity index (χ0n) is 10.2. The molecular weight excluding hydrogens is 222 g/mol. The monoisotopic (exact) mass is 244 g/mol. The number of aliphatic hydroxyl groups is 1. The first-order chi connectivity index (χ1) is 8.13. The van der Waals surface area contributed by atoms with Crippen LogP contribution in [0.4, 0.5) is 0 Å². The van der Waals surface area contributed by atoms with Gasteiger partial charge in [-0.2, -0.15) is 0 Å². The summed E-state index contributed by atoms with van der Waals surface area (Å²) in [7, 11) is 0. The molecule has 0 spiro atoms. The number of allylic oxidation sites excluding steroid dienone is 1. The number of ether oxygens (including phenoxy) is 1. The van der Waals surface area contributed by atoms with Crippen LogP contribution >= 0.6 is 0 Å². The molecule has 1 rings (SSSR count). The second kappa shape index (κ2) is 7.42. The highest BCUT2D eigenvalue weighted by Crippen LogP contribution is 2.16. The number of aliphatic hydroxyl groups excluding tert-OH is 1. The van der Waals surface area contributed by atoms with Gasteiger partial charge in [0.05, 0.1) is 6.04 Å². The summed E-state index contributed by atoms with van der Waals surface area (Å²) in [4.78, 5) is 11.4. The summed E-state index contributed by atoms with van der Waals surface area (Å²) >= 11 is 0. The minimum atomic E-state index is -1.56. The summed E-state index contributed by atoms with van der Waals surface area (Å²) in [6.45, 7) is 0.230. The maximum absolute atomic E-state index is 11.4. The van der Waals surface area contributed by atoms with E-state index in [1.54, 1.807) is 6.92 Å². The molecule has 1 amide bonds. The molecule has 0 fully saturated rings. The number of amides is 1. The molecule has 98 valence electrons. The highest BCUT2D eigenvalue weighted by atomic mass is 16.7. The lowest BCUT2D eigenvalue weighted by molar-refractivity contribution is -0.252.